The normalized spacial score (nSPS) is 18.3. The maximum absolute atomic E-state index is 12.5. The molecule has 0 N–H and O–H groups in total. The molecule has 3 rings (SSSR count). The Morgan fingerprint density at radius 1 is 1.41 bits per heavy atom. The molecule has 0 aromatic carbocycles. The predicted octanol–water partition coefficient (Wildman–Crippen LogP) is 1.56. The third-order valence-corrected chi connectivity index (χ3v) is 4.19. The summed E-state index contributed by atoms with van der Waals surface area (Å²) < 4.78 is 1.65. The number of likely N-dealkylation sites (N-methyl/N-ethyl adjacent to an activating group) is 1. The minimum absolute atomic E-state index is 0.0287. The Morgan fingerprint density at radius 3 is 2.95 bits per heavy atom. The van der Waals surface area contributed by atoms with E-state index in [1.807, 2.05) is 43.4 Å². The molecule has 0 bridgehead atoms. The first-order chi connectivity index (χ1) is 10.6. The zero-order valence-corrected chi connectivity index (χ0v) is 13.0. The number of amides is 1. The van der Waals surface area contributed by atoms with Gasteiger partial charge in [0.15, 0.2) is 0 Å². The standard InChI is InChI=1S/C16H21N5O/c1-19-11-13(10-18-19)16(22)20(2)14-6-5-9-21(12-14)15-7-3-4-8-17-15/h3-4,7-8,10-11,14H,5-6,9,12H2,1-2H3/t14-/m0/s1. The van der Waals surface area contributed by atoms with E-state index in [0.717, 1.165) is 31.7 Å². The summed E-state index contributed by atoms with van der Waals surface area (Å²) in [5.41, 5.74) is 0.639. The fraction of sp³-hybridized carbons (Fsp3) is 0.438. The molecule has 6 nitrogen and oxygen atoms in total. The average molecular weight is 299 g/mol. The van der Waals surface area contributed by atoms with Crippen LogP contribution in [0.5, 0.6) is 0 Å². The highest BCUT2D eigenvalue weighted by molar-refractivity contribution is 5.93. The van der Waals surface area contributed by atoms with Crippen LogP contribution in [-0.2, 0) is 7.05 Å². The second-order valence-electron chi connectivity index (χ2n) is 5.75. The molecule has 0 aliphatic carbocycles. The van der Waals surface area contributed by atoms with Gasteiger partial charge in [0, 0.05) is 45.6 Å². The maximum Gasteiger partial charge on any atom is 0.257 e. The van der Waals surface area contributed by atoms with Crippen LogP contribution < -0.4 is 4.90 Å². The van der Waals surface area contributed by atoms with Gasteiger partial charge in [-0.25, -0.2) is 4.98 Å². The monoisotopic (exact) mass is 299 g/mol. The molecule has 1 fully saturated rings. The van der Waals surface area contributed by atoms with Gasteiger partial charge in [-0.05, 0) is 25.0 Å². The van der Waals surface area contributed by atoms with Gasteiger partial charge < -0.3 is 9.80 Å². The number of rotatable bonds is 3. The van der Waals surface area contributed by atoms with Crippen molar-refractivity contribution in [2.45, 2.75) is 18.9 Å². The highest BCUT2D eigenvalue weighted by Crippen LogP contribution is 2.21. The van der Waals surface area contributed by atoms with Crippen LogP contribution in [0.3, 0.4) is 0 Å². The number of nitrogens with zero attached hydrogens (tertiary/aromatic N) is 5. The van der Waals surface area contributed by atoms with Crippen LogP contribution in [0.2, 0.25) is 0 Å². The second-order valence-corrected chi connectivity index (χ2v) is 5.75. The number of hydrogen-bond donors (Lipinski definition) is 0. The lowest BCUT2D eigenvalue weighted by Crippen LogP contribution is -2.48. The van der Waals surface area contributed by atoms with Crippen LogP contribution >= 0.6 is 0 Å². The van der Waals surface area contributed by atoms with Crippen LogP contribution in [0.4, 0.5) is 5.82 Å². The first kappa shape index (κ1) is 14.6. The Hall–Kier alpha value is -2.37. The van der Waals surface area contributed by atoms with Gasteiger partial charge in [0.1, 0.15) is 5.82 Å². The molecule has 22 heavy (non-hydrogen) atoms. The highest BCUT2D eigenvalue weighted by atomic mass is 16.2. The van der Waals surface area contributed by atoms with E-state index in [-0.39, 0.29) is 11.9 Å². The van der Waals surface area contributed by atoms with Gasteiger partial charge in [0.25, 0.3) is 5.91 Å². The van der Waals surface area contributed by atoms with Crippen molar-refractivity contribution in [2.24, 2.45) is 7.05 Å². The van der Waals surface area contributed by atoms with Gasteiger partial charge in [-0.3, -0.25) is 9.48 Å². The van der Waals surface area contributed by atoms with Crippen molar-refractivity contribution in [2.75, 3.05) is 25.0 Å². The Labute approximate surface area is 130 Å². The van der Waals surface area contributed by atoms with E-state index in [2.05, 4.69) is 15.0 Å². The summed E-state index contributed by atoms with van der Waals surface area (Å²) in [4.78, 5) is 21.0. The van der Waals surface area contributed by atoms with Crippen molar-refractivity contribution < 1.29 is 4.79 Å². The van der Waals surface area contributed by atoms with E-state index in [1.165, 1.54) is 0 Å². The third kappa shape index (κ3) is 2.95. The number of piperidine rings is 1. The van der Waals surface area contributed by atoms with Crippen molar-refractivity contribution in [3.63, 3.8) is 0 Å². The largest absolute Gasteiger partial charge is 0.355 e. The summed E-state index contributed by atoms with van der Waals surface area (Å²) in [7, 11) is 3.70. The fourth-order valence-electron chi connectivity index (χ4n) is 2.92. The van der Waals surface area contributed by atoms with Gasteiger partial charge >= 0.3 is 0 Å². The summed E-state index contributed by atoms with van der Waals surface area (Å²) in [6.45, 7) is 1.81. The Kier molecular flexibility index (Phi) is 4.09. The van der Waals surface area contributed by atoms with E-state index in [4.69, 9.17) is 0 Å². The van der Waals surface area contributed by atoms with Gasteiger partial charge in [-0.1, -0.05) is 6.07 Å². The average Bonchev–Trinajstić information content (AvgIpc) is 3.01. The van der Waals surface area contributed by atoms with E-state index < -0.39 is 0 Å². The summed E-state index contributed by atoms with van der Waals surface area (Å²) in [5, 5.41) is 4.08. The number of pyridine rings is 1. The number of aryl methyl sites for hydroxylation is 1. The zero-order valence-electron chi connectivity index (χ0n) is 13.0. The molecule has 116 valence electrons. The molecule has 1 aliphatic heterocycles. The molecule has 0 unspecified atom stereocenters. The Balaban J connectivity index is 1.70. The molecule has 1 atom stereocenters. The predicted molar refractivity (Wildman–Crippen MR) is 84.8 cm³/mol. The number of hydrogen-bond acceptors (Lipinski definition) is 4. The van der Waals surface area contributed by atoms with Crippen LogP contribution in [0, 0.1) is 0 Å². The number of aromatic nitrogens is 3. The van der Waals surface area contributed by atoms with E-state index in [0.29, 0.717) is 5.56 Å². The molecule has 2 aromatic rings. The van der Waals surface area contributed by atoms with Gasteiger partial charge in [-0.15, -0.1) is 0 Å². The van der Waals surface area contributed by atoms with Crippen LogP contribution in [-0.4, -0.2) is 51.8 Å². The molecular formula is C16H21N5O. The summed E-state index contributed by atoms with van der Waals surface area (Å²) in [6, 6.07) is 6.13. The molecule has 1 amide bonds. The second kappa shape index (κ2) is 6.17. The maximum atomic E-state index is 12.5. The summed E-state index contributed by atoms with van der Waals surface area (Å²) in [6.07, 6.45) is 7.28. The topological polar surface area (TPSA) is 54.3 Å². The third-order valence-electron chi connectivity index (χ3n) is 4.19. The van der Waals surface area contributed by atoms with E-state index in [1.54, 1.807) is 17.1 Å². The first-order valence-corrected chi connectivity index (χ1v) is 7.57. The Bertz CT molecular complexity index is 639. The molecule has 2 aromatic heterocycles. The SMILES string of the molecule is CN(C(=O)c1cnn(C)c1)[C@H]1CCCN(c2ccccn2)C1. The minimum atomic E-state index is 0.0287. The highest BCUT2D eigenvalue weighted by Gasteiger charge is 2.27. The molecule has 6 heteroatoms. The van der Waals surface area contributed by atoms with Crippen LogP contribution in [0.1, 0.15) is 23.2 Å². The van der Waals surface area contributed by atoms with Crippen molar-refractivity contribution in [1.82, 2.24) is 19.7 Å². The van der Waals surface area contributed by atoms with Gasteiger partial charge in [0.05, 0.1) is 11.8 Å². The smallest absolute Gasteiger partial charge is 0.257 e. The molecule has 0 radical (unpaired) electrons. The van der Waals surface area contributed by atoms with Crippen LogP contribution in [0.25, 0.3) is 0 Å². The number of carbonyl (C=O) groups is 1. The fourth-order valence-corrected chi connectivity index (χ4v) is 2.92. The summed E-state index contributed by atoms with van der Waals surface area (Å²) >= 11 is 0. The number of carbonyl (C=O) groups excluding carboxylic acids is 1. The number of anilines is 1. The first-order valence-electron chi connectivity index (χ1n) is 7.57. The van der Waals surface area contributed by atoms with E-state index in [9.17, 15) is 4.79 Å². The lowest BCUT2D eigenvalue weighted by molar-refractivity contribution is 0.0717. The van der Waals surface area contributed by atoms with Crippen molar-refractivity contribution >= 4 is 11.7 Å². The molecule has 0 saturated carbocycles. The van der Waals surface area contributed by atoms with Gasteiger partial charge in [-0.2, -0.15) is 5.10 Å². The van der Waals surface area contributed by atoms with Crippen molar-refractivity contribution in [3.05, 3.63) is 42.4 Å². The molecule has 1 saturated heterocycles. The molecular weight excluding hydrogens is 278 g/mol. The van der Waals surface area contributed by atoms with Crippen molar-refractivity contribution in [1.29, 1.82) is 0 Å². The lowest BCUT2D eigenvalue weighted by Gasteiger charge is -2.38. The molecule has 1 aliphatic rings. The van der Waals surface area contributed by atoms with Gasteiger partial charge in [0.2, 0.25) is 0 Å². The minimum Gasteiger partial charge on any atom is -0.355 e. The van der Waals surface area contributed by atoms with E-state index >= 15 is 0 Å². The van der Waals surface area contributed by atoms with Crippen LogP contribution in [0.15, 0.2) is 36.8 Å². The molecule has 3 heterocycles. The zero-order chi connectivity index (χ0) is 15.5. The quantitative estimate of drug-likeness (QED) is 0.863. The molecule has 0 spiro atoms. The lowest BCUT2D eigenvalue weighted by atomic mass is 10.0. The van der Waals surface area contributed by atoms with Crippen molar-refractivity contribution in [3.8, 4) is 0 Å². The Morgan fingerprint density at radius 2 is 2.27 bits per heavy atom. The summed E-state index contributed by atoms with van der Waals surface area (Å²) in [5.74, 6) is 1.01.